The van der Waals surface area contributed by atoms with E-state index in [2.05, 4.69) is 15.2 Å². The molecule has 1 aliphatic heterocycles. The molecule has 192 valence electrons. The van der Waals surface area contributed by atoms with E-state index in [1.54, 1.807) is 30.6 Å². The molecule has 36 heavy (non-hydrogen) atoms. The molecule has 1 aromatic heterocycles. The maximum atomic E-state index is 12.9. The summed E-state index contributed by atoms with van der Waals surface area (Å²) >= 11 is 5.95. The molecule has 8 nitrogen and oxygen atoms in total. The molecule has 2 bridgehead atoms. The standard InChI is InChI=1S/C24H23ClF3N3O5/c25-14-1-2-19-17(5-14)18(32)6-20(35-19)21(33)30-22-10-23(11-22,12-22)31-8-16(7-29-31)34-9-13-3-15(4-13)36-24(26,27)28/h1-2,5,7-8,13,15,20H,3-4,6,9-12H2,(H,30,33)/t13?,15?,20-,22?,23?/m1/s1. The van der Waals surface area contributed by atoms with Crippen molar-refractivity contribution in [2.75, 3.05) is 6.61 Å². The molecule has 2 aromatic rings. The fraction of sp³-hybridized carbons (Fsp3) is 0.542. The van der Waals surface area contributed by atoms with Crippen LogP contribution < -0.4 is 14.8 Å². The average molecular weight is 526 g/mol. The predicted octanol–water partition coefficient (Wildman–Crippen LogP) is 4.01. The lowest BCUT2D eigenvalue weighted by Crippen LogP contribution is -2.79. The number of carbonyl (C=O) groups is 2. The lowest BCUT2D eigenvalue weighted by atomic mass is 9.44. The Bertz CT molecular complexity index is 1210. The smallest absolute Gasteiger partial charge is 0.490 e. The maximum absolute atomic E-state index is 12.9. The van der Waals surface area contributed by atoms with Gasteiger partial charge in [0.1, 0.15) is 5.75 Å². The molecule has 4 fully saturated rings. The van der Waals surface area contributed by atoms with E-state index >= 15 is 0 Å². The number of aromatic nitrogens is 2. The van der Waals surface area contributed by atoms with Crippen molar-refractivity contribution in [3.63, 3.8) is 0 Å². The normalized spacial score (nSPS) is 32.3. The highest BCUT2D eigenvalue weighted by Gasteiger charge is 2.70. The number of benzene rings is 1. The minimum Gasteiger partial charge on any atom is -0.490 e. The van der Waals surface area contributed by atoms with Crippen LogP contribution in [0.2, 0.25) is 5.02 Å². The molecule has 1 amide bonds. The van der Waals surface area contributed by atoms with Gasteiger partial charge in [-0.1, -0.05) is 11.6 Å². The second-order valence-electron chi connectivity index (χ2n) is 10.4. The first-order valence-electron chi connectivity index (χ1n) is 11.8. The Morgan fingerprint density at radius 2 is 2.03 bits per heavy atom. The summed E-state index contributed by atoms with van der Waals surface area (Å²) in [6.07, 6.45) is -0.172. The third-order valence-electron chi connectivity index (χ3n) is 7.59. The summed E-state index contributed by atoms with van der Waals surface area (Å²) in [6, 6.07) is 4.76. The molecule has 12 heteroatoms. The van der Waals surface area contributed by atoms with Gasteiger partial charge in [0.15, 0.2) is 17.6 Å². The third kappa shape index (κ3) is 4.21. The Morgan fingerprint density at radius 3 is 2.75 bits per heavy atom. The van der Waals surface area contributed by atoms with Gasteiger partial charge in [-0.05, 0) is 56.2 Å². The van der Waals surface area contributed by atoms with Gasteiger partial charge in [0.25, 0.3) is 5.91 Å². The molecule has 5 aliphatic rings. The highest BCUT2D eigenvalue weighted by atomic mass is 35.5. The number of fused-ring (bicyclic) bond motifs is 1. The van der Waals surface area contributed by atoms with Crippen LogP contribution >= 0.6 is 11.6 Å². The minimum absolute atomic E-state index is 0.0203. The largest absolute Gasteiger partial charge is 0.522 e. The Hall–Kier alpha value is -2.79. The van der Waals surface area contributed by atoms with E-state index in [1.807, 2.05) is 4.68 Å². The van der Waals surface area contributed by atoms with Gasteiger partial charge in [0.05, 0.1) is 42.6 Å². The highest BCUT2D eigenvalue weighted by molar-refractivity contribution is 6.31. The number of hydrogen-bond donors (Lipinski definition) is 1. The van der Waals surface area contributed by atoms with E-state index in [0.29, 0.717) is 60.8 Å². The van der Waals surface area contributed by atoms with Crippen molar-refractivity contribution in [3.05, 3.63) is 41.2 Å². The fourth-order valence-electron chi connectivity index (χ4n) is 5.84. The van der Waals surface area contributed by atoms with Crippen LogP contribution in [0.5, 0.6) is 11.5 Å². The number of ether oxygens (including phenoxy) is 3. The van der Waals surface area contributed by atoms with Crippen molar-refractivity contribution in [3.8, 4) is 11.5 Å². The molecule has 1 aromatic carbocycles. The van der Waals surface area contributed by atoms with Gasteiger partial charge in [-0.2, -0.15) is 5.10 Å². The number of rotatable bonds is 7. The molecular formula is C24H23ClF3N3O5. The second kappa shape index (κ2) is 8.11. The topological polar surface area (TPSA) is 91.7 Å². The molecule has 0 radical (unpaired) electrons. The number of nitrogens with one attached hydrogen (secondary N) is 1. The molecular weight excluding hydrogens is 503 g/mol. The maximum Gasteiger partial charge on any atom is 0.522 e. The Balaban J connectivity index is 0.976. The molecule has 2 heterocycles. The van der Waals surface area contributed by atoms with Gasteiger partial charge in [0, 0.05) is 10.6 Å². The van der Waals surface area contributed by atoms with Crippen LogP contribution in [0.25, 0.3) is 0 Å². The number of halogens is 4. The van der Waals surface area contributed by atoms with Gasteiger partial charge in [0.2, 0.25) is 0 Å². The first-order chi connectivity index (χ1) is 17.0. The van der Waals surface area contributed by atoms with Crippen LogP contribution in [0, 0.1) is 5.92 Å². The minimum atomic E-state index is -4.60. The Labute approximate surface area is 209 Å². The van der Waals surface area contributed by atoms with Crippen LogP contribution in [0.1, 0.15) is 48.9 Å². The highest BCUT2D eigenvalue weighted by Crippen LogP contribution is 2.65. The van der Waals surface area contributed by atoms with Crippen LogP contribution in [-0.2, 0) is 15.1 Å². The Morgan fingerprint density at radius 1 is 1.28 bits per heavy atom. The second-order valence-corrected chi connectivity index (χ2v) is 10.8. The number of hydrogen-bond acceptors (Lipinski definition) is 6. The van der Waals surface area contributed by atoms with Crippen LogP contribution in [-0.4, -0.2) is 52.2 Å². The van der Waals surface area contributed by atoms with Gasteiger partial charge in [-0.3, -0.25) is 19.0 Å². The van der Waals surface area contributed by atoms with Gasteiger partial charge < -0.3 is 14.8 Å². The number of Topliss-reactive ketones (excluding diaryl/α,β-unsaturated/α-hetero) is 1. The first-order valence-corrected chi connectivity index (χ1v) is 12.1. The van der Waals surface area contributed by atoms with Crippen molar-refractivity contribution in [2.45, 2.75) is 68.2 Å². The molecule has 4 saturated carbocycles. The summed E-state index contributed by atoms with van der Waals surface area (Å²) in [5.41, 5.74) is -0.140. The molecule has 0 unspecified atom stereocenters. The molecule has 0 spiro atoms. The molecule has 0 saturated heterocycles. The van der Waals surface area contributed by atoms with Crippen molar-refractivity contribution in [2.24, 2.45) is 5.92 Å². The third-order valence-corrected chi connectivity index (χ3v) is 7.82. The van der Waals surface area contributed by atoms with Gasteiger partial charge in [-0.25, -0.2) is 0 Å². The summed E-state index contributed by atoms with van der Waals surface area (Å²) in [4.78, 5) is 25.3. The number of carbonyl (C=O) groups excluding carboxylic acids is 2. The monoisotopic (exact) mass is 525 g/mol. The molecule has 1 atom stereocenters. The van der Waals surface area contributed by atoms with E-state index in [4.69, 9.17) is 21.1 Å². The van der Waals surface area contributed by atoms with Gasteiger partial charge >= 0.3 is 6.36 Å². The molecule has 1 N–H and O–H groups in total. The number of nitrogens with zero attached hydrogens (tertiary/aromatic N) is 2. The molecule has 7 rings (SSSR count). The first kappa shape index (κ1) is 23.6. The van der Waals surface area contributed by atoms with Gasteiger partial charge in [-0.15, -0.1) is 13.2 Å². The van der Waals surface area contributed by atoms with E-state index in [1.165, 1.54) is 0 Å². The van der Waals surface area contributed by atoms with E-state index in [9.17, 15) is 22.8 Å². The van der Waals surface area contributed by atoms with Crippen LogP contribution in [0.15, 0.2) is 30.6 Å². The zero-order chi connectivity index (χ0) is 25.3. The van der Waals surface area contributed by atoms with Crippen molar-refractivity contribution >= 4 is 23.3 Å². The lowest BCUT2D eigenvalue weighted by Gasteiger charge is -2.70. The summed E-state index contributed by atoms with van der Waals surface area (Å²) < 4.78 is 54.0. The predicted molar refractivity (Wildman–Crippen MR) is 119 cm³/mol. The van der Waals surface area contributed by atoms with E-state index in [0.717, 1.165) is 0 Å². The zero-order valence-corrected chi connectivity index (χ0v) is 19.8. The van der Waals surface area contributed by atoms with Crippen molar-refractivity contribution in [1.82, 2.24) is 15.1 Å². The summed E-state index contributed by atoms with van der Waals surface area (Å²) in [5.74, 6) is 0.453. The SMILES string of the molecule is O=C1C[C@H](C(=O)NC23CC(n4cc(OCC5CC(OC(F)(F)F)C5)cn4)(C2)C3)Oc2ccc(Cl)cc21. The van der Waals surface area contributed by atoms with Crippen LogP contribution in [0.3, 0.4) is 0 Å². The lowest BCUT2D eigenvalue weighted by molar-refractivity contribution is -0.354. The average Bonchev–Trinajstić information content (AvgIpc) is 3.19. The van der Waals surface area contributed by atoms with E-state index in [-0.39, 0.29) is 35.1 Å². The number of alkyl halides is 3. The fourth-order valence-corrected chi connectivity index (χ4v) is 6.02. The Kier molecular flexibility index (Phi) is 5.31. The zero-order valence-electron chi connectivity index (χ0n) is 19.0. The summed E-state index contributed by atoms with van der Waals surface area (Å²) in [5, 5.41) is 7.90. The quantitative estimate of drug-likeness (QED) is 0.587. The van der Waals surface area contributed by atoms with Crippen LogP contribution in [0.4, 0.5) is 13.2 Å². The van der Waals surface area contributed by atoms with E-state index < -0.39 is 18.6 Å². The van der Waals surface area contributed by atoms with Crippen molar-refractivity contribution in [1.29, 1.82) is 0 Å². The number of ketones is 1. The summed E-state index contributed by atoms with van der Waals surface area (Å²) in [6.45, 7) is 0.311. The summed E-state index contributed by atoms with van der Waals surface area (Å²) in [7, 11) is 0. The molecule has 4 aliphatic carbocycles. The van der Waals surface area contributed by atoms with Crippen molar-refractivity contribution < 1.29 is 37.0 Å². The number of amides is 1.